The van der Waals surface area contributed by atoms with Crippen LogP contribution in [0.2, 0.25) is 0 Å². The standard InChI is InChI=1S/C16H24N2O3/c1-3-11(4-2)15(19)12-8-14(17-9-12)16(20)18-10-13-6-5-7-21-13/h8-9,11,13,17H,3-7,10H2,1-2H3,(H,18,20)/t13-/m0/s1. The van der Waals surface area contributed by atoms with Gasteiger partial charge in [-0.3, -0.25) is 9.59 Å². The number of ether oxygens (including phenoxy) is 1. The molecule has 21 heavy (non-hydrogen) atoms. The molecule has 5 nitrogen and oxygen atoms in total. The van der Waals surface area contributed by atoms with Gasteiger partial charge < -0.3 is 15.0 Å². The summed E-state index contributed by atoms with van der Waals surface area (Å²) in [7, 11) is 0. The summed E-state index contributed by atoms with van der Waals surface area (Å²) in [5.41, 5.74) is 1.02. The summed E-state index contributed by atoms with van der Waals surface area (Å²) in [6.45, 7) is 5.31. The summed E-state index contributed by atoms with van der Waals surface area (Å²) < 4.78 is 5.46. The minimum absolute atomic E-state index is 0.0311. The number of nitrogens with one attached hydrogen (secondary N) is 2. The van der Waals surface area contributed by atoms with Crippen molar-refractivity contribution in [2.24, 2.45) is 5.92 Å². The van der Waals surface area contributed by atoms with Crippen LogP contribution in [0, 0.1) is 5.92 Å². The number of rotatable bonds is 7. The Kier molecular flexibility index (Phi) is 5.56. The van der Waals surface area contributed by atoms with Crippen LogP contribution < -0.4 is 5.32 Å². The van der Waals surface area contributed by atoms with Gasteiger partial charge in [0.25, 0.3) is 5.91 Å². The molecule has 1 amide bonds. The van der Waals surface area contributed by atoms with Gasteiger partial charge >= 0.3 is 0 Å². The third-order valence-electron chi connectivity index (χ3n) is 4.08. The predicted molar refractivity (Wildman–Crippen MR) is 80.5 cm³/mol. The third-order valence-corrected chi connectivity index (χ3v) is 4.08. The molecule has 0 saturated carbocycles. The van der Waals surface area contributed by atoms with Crippen LogP contribution in [-0.2, 0) is 4.74 Å². The van der Waals surface area contributed by atoms with Crippen molar-refractivity contribution in [1.29, 1.82) is 0 Å². The summed E-state index contributed by atoms with van der Waals surface area (Å²) in [4.78, 5) is 27.2. The van der Waals surface area contributed by atoms with Gasteiger partial charge in [0.1, 0.15) is 5.69 Å². The first-order valence-corrected chi connectivity index (χ1v) is 7.78. The first-order chi connectivity index (χ1) is 10.2. The average Bonchev–Trinajstić information content (AvgIpc) is 3.17. The number of hydrogen-bond acceptors (Lipinski definition) is 3. The summed E-state index contributed by atoms with van der Waals surface area (Å²) >= 11 is 0. The number of aromatic nitrogens is 1. The normalized spacial score (nSPS) is 18.1. The third kappa shape index (κ3) is 3.94. The van der Waals surface area contributed by atoms with Gasteiger partial charge in [-0.15, -0.1) is 0 Å². The topological polar surface area (TPSA) is 71.2 Å². The van der Waals surface area contributed by atoms with E-state index in [2.05, 4.69) is 10.3 Å². The average molecular weight is 292 g/mol. The second-order valence-electron chi connectivity index (χ2n) is 5.52. The van der Waals surface area contributed by atoms with Gasteiger partial charge in [0, 0.05) is 30.8 Å². The molecule has 1 atom stereocenters. The molecule has 1 fully saturated rings. The van der Waals surface area contributed by atoms with Crippen LogP contribution in [0.4, 0.5) is 0 Å². The molecule has 2 rings (SSSR count). The van der Waals surface area contributed by atoms with Gasteiger partial charge in [-0.1, -0.05) is 13.8 Å². The number of H-pyrrole nitrogens is 1. The lowest BCUT2D eigenvalue weighted by molar-refractivity contribution is 0.0854. The fourth-order valence-corrected chi connectivity index (χ4v) is 2.67. The Morgan fingerprint density at radius 2 is 2.19 bits per heavy atom. The highest BCUT2D eigenvalue weighted by atomic mass is 16.5. The van der Waals surface area contributed by atoms with E-state index in [0.717, 1.165) is 32.3 Å². The quantitative estimate of drug-likeness (QED) is 0.759. The number of ketones is 1. The molecule has 1 aliphatic rings. The van der Waals surface area contributed by atoms with Crippen molar-refractivity contribution in [3.63, 3.8) is 0 Å². The Morgan fingerprint density at radius 1 is 1.43 bits per heavy atom. The van der Waals surface area contributed by atoms with Gasteiger partial charge in [0.05, 0.1) is 6.10 Å². The molecule has 5 heteroatoms. The molecule has 2 N–H and O–H groups in total. The second kappa shape index (κ2) is 7.41. The van der Waals surface area contributed by atoms with E-state index in [4.69, 9.17) is 4.74 Å². The number of hydrogen-bond donors (Lipinski definition) is 2. The van der Waals surface area contributed by atoms with Crippen molar-refractivity contribution < 1.29 is 14.3 Å². The molecule has 1 aliphatic heterocycles. The minimum atomic E-state index is -0.186. The van der Waals surface area contributed by atoms with Crippen LogP contribution in [0.3, 0.4) is 0 Å². The van der Waals surface area contributed by atoms with Crippen molar-refractivity contribution in [2.75, 3.05) is 13.2 Å². The zero-order valence-electron chi connectivity index (χ0n) is 12.8. The maximum Gasteiger partial charge on any atom is 0.267 e. The maximum atomic E-state index is 12.2. The number of Topliss-reactive ketones (excluding diaryl/α,β-unsaturated/α-hetero) is 1. The molecule has 116 valence electrons. The van der Waals surface area contributed by atoms with Crippen molar-refractivity contribution in [3.05, 3.63) is 23.5 Å². The molecule has 0 bridgehead atoms. The zero-order chi connectivity index (χ0) is 15.2. The van der Waals surface area contributed by atoms with E-state index in [9.17, 15) is 9.59 Å². The molecule has 0 aromatic carbocycles. The Hall–Kier alpha value is -1.62. The first kappa shape index (κ1) is 15.8. The SMILES string of the molecule is CCC(CC)C(=O)c1c[nH]c(C(=O)NC[C@@H]2CCCO2)c1. The van der Waals surface area contributed by atoms with Crippen LogP contribution in [0.15, 0.2) is 12.3 Å². The smallest absolute Gasteiger partial charge is 0.267 e. The highest BCUT2D eigenvalue weighted by Crippen LogP contribution is 2.17. The summed E-state index contributed by atoms with van der Waals surface area (Å²) in [6, 6.07) is 1.64. The van der Waals surface area contributed by atoms with E-state index in [1.165, 1.54) is 0 Å². The molecule has 1 saturated heterocycles. The fourth-order valence-electron chi connectivity index (χ4n) is 2.67. The van der Waals surface area contributed by atoms with Gasteiger partial charge in [0.15, 0.2) is 5.78 Å². The number of amides is 1. The zero-order valence-corrected chi connectivity index (χ0v) is 12.8. The molecular weight excluding hydrogens is 268 g/mol. The molecule has 0 unspecified atom stereocenters. The van der Waals surface area contributed by atoms with E-state index in [-0.39, 0.29) is 23.7 Å². The van der Waals surface area contributed by atoms with E-state index in [1.807, 2.05) is 13.8 Å². The van der Waals surface area contributed by atoms with Gasteiger partial charge in [-0.25, -0.2) is 0 Å². The summed E-state index contributed by atoms with van der Waals surface area (Å²) in [5, 5.41) is 2.84. The van der Waals surface area contributed by atoms with Gasteiger partial charge in [-0.05, 0) is 31.7 Å². The van der Waals surface area contributed by atoms with Gasteiger partial charge in [-0.2, -0.15) is 0 Å². The highest BCUT2D eigenvalue weighted by Gasteiger charge is 2.20. The molecule has 0 aliphatic carbocycles. The fraction of sp³-hybridized carbons (Fsp3) is 0.625. The summed E-state index contributed by atoms with van der Waals surface area (Å²) in [6.07, 6.45) is 5.43. The lowest BCUT2D eigenvalue weighted by Crippen LogP contribution is -2.31. The monoisotopic (exact) mass is 292 g/mol. The molecule has 2 heterocycles. The molecule has 1 aromatic rings. The molecule has 1 aromatic heterocycles. The molecular formula is C16H24N2O3. The highest BCUT2D eigenvalue weighted by molar-refractivity contribution is 6.01. The van der Waals surface area contributed by atoms with E-state index in [1.54, 1.807) is 12.3 Å². The van der Waals surface area contributed by atoms with Crippen LogP contribution in [0.5, 0.6) is 0 Å². The Morgan fingerprint density at radius 3 is 2.81 bits per heavy atom. The molecule has 0 radical (unpaired) electrons. The van der Waals surface area contributed by atoms with Crippen molar-refractivity contribution in [3.8, 4) is 0 Å². The van der Waals surface area contributed by atoms with Crippen LogP contribution >= 0.6 is 0 Å². The van der Waals surface area contributed by atoms with Crippen LogP contribution in [0.1, 0.15) is 60.4 Å². The predicted octanol–water partition coefficient (Wildman–Crippen LogP) is 2.54. The number of carbonyl (C=O) groups is 2. The lowest BCUT2D eigenvalue weighted by Gasteiger charge is -2.10. The van der Waals surface area contributed by atoms with Crippen molar-refractivity contribution in [2.45, 2.75) is 45.6 Å². The van der Waals surface area contributed by atoms with E-state index >= 15 is 0 Å². The Balaban J connectivity index is 1.92. The number of aromatic amines is 1. The van der Waals surface area contributed by atoms with Crippen molar-refractivity contribution in [1.82, 2.24) is 10.3 Å². The maximum absolute atomic E-state index is 12.2. The lowest BCUT2D eigenvalue weighted by atomic mass is 9.94. The summed E-state index contributed by atoms with van der Waals surface area (Å²) in [5.74, 6) is -0.0490. The minimum Gasteiger partial charge on any atom is -0.376 e. The van der Waals surface area contributed by atoms with Crippen LogP contribution in [0.25, 0.3) is 0 Å². The van der Waals surface area contributed by atoms with Crippen molar-refractivity contribution >= 4 is 11.7 Å². The molecule has 0 spiro atoms. The first-order valence-electron chi connectivity index (χ1n) is 7.78. The number of carbonyl (C=O) groups excluding carboxylic acids is 2. The Labute approximate surface area is 125 Å². The van der Waals surface area contributed by atoms with E-state index < -0.39 is 0 Å². The Bertz CT molecular complexity index is 485. The van der Waals surface area contributed by atoms with E-state index in [0.29, 0.717) is 17.8 Å². The largest absolute Gasteiger partial charge is 0.376 e. The second-order valence-corrected chi connectivity index (χ2v) is 5.52. The van der Waals surface area contributed by atoms with Gasteiger partial charge in [0.2, 0.25) is 0 Å². The van der Waals surface area contributed by atoms with Crippen LogP contribution in [-0.4, -0.2) is 35.9 Å².